The average Bonchev–Trinajstić information content (AvgIpc) is 3.01. The van der Waals surface area contributed by atoms with Crippen molar-refractivity contribution in [2.24, 2.45) is 0 Å². The predicted octanol–water partition coefficient (Wildman–Crippen LogP) is 2.85. The minimum absolute atomic E-state index is 0.157. The fourth-order valence-electron chi connectivity index (χ4n) is 2.81. The standard InChI is InChI=1S/C14H22N2OS/c1-14(2,3)12-8-18-13(16-12)7-15-10-6-9-4-5-11(10)17-9/h8-11,15H,4-7H2,1-3H3. The molecule has 2 fully saturated rings. The summed E-state index contributed by atoms with van der Waals surface area (Å²) >= 11 is 1.77. The van der Waals surface area contributed by atoms with E-state index in [1.54, 1.807) is 11.3 Å². The molecule has 3 nitrogen and oxygen atoms in total. The van der Waals surface area contributed by atoms with Crippen LogP contribution in [0.25, 0.3) is 0 Å². The summed E-state index contributed by atoms with van der Waals surface area (Å²) in [6, 6.07) is 0.547. The number of thiazole rings is 1. The normalized spacial score (nSPS) is 31.2. The van der Waals surface area contributed by atoms with Crippen molar-refractivity contribution in [1.82, 2.24) is 10.3 Å². The molecule has 0 saturated carbocycles. The van der Waals surface area contributed by atoms with Gasteiger partial charge >= 0.3 is 0 Å². The van der Waals surface area contributed by atoms with E-state index in [9.17, 15) is 0 Å². The van der Waals surface area contributed by atoms with Crippen LogP contribution < -0.4 is 5.32 Å². The minimum Gasteiger partial charge on any atom is -0.373 e. The summed E-state index contributed by atoms with van der Waals surface area (Å²) in [6.07, 6.45) is 4.65. The molecule has 2 bridgehead atoms. The number of ether oxygens (including phenoxy) is 1. The topological polar surface area (TPSA) is 34.1 Å². The summed E-state index contributed by atoms with van der Waals surface area (Å²) < 4.78 is 5.85. The smallest absolute Gasteiger partial charge is 0.107 e. The van der Waals surface area contributed by atoms with Crippen LogP contribution >= 0.6 is 11.3 Å². The third-order valence-electron chi connectivity index (χ3n) is 3.94. The number of aromatic nitrogens is 1. The van der Waals surface area contributed by atoms with E-state index in [1.165, 1.54) is 30.0 Å². The van der Waals surface area contributed by atoms with Gasteiger partial charge in [-0.25, -0.2) is 4.98 Å². The summed E-state index contributed by atoms with van der Waals surface area (Å²) in [6.45, 7) is 7.52. The molecule has 4 heteroatoms. The molecule has 0 aromatic carbocycles. The zero-order chi connectivity index (χ0) is 12.8. The Morgan fingerprint density at radius 3 is 2.83 bits per heavy atom. The Bertz CT molecular complexity index is 424. The van der Waals surface area contributed by atoms with Gasteiger partial charge in [-0.05, 0) is 19.3 Å². The summed E-state index contributed by atoms with van der Waals surface area (Å²) in [5.74, 6) is 0. The quantitative estimate of drug-likeness (QED) is 0.913. The van der Waals surface area contributed by atoms with Gasteiger partial charge in [0.05, 0.1) is 17.9 Å². The van der Waals surface area contributed by atoms with E-state index >= 15 is 0 Å². The van der Waals surface area contributed by atoms with Crippen LogP contribution in [-0.2, 0) is 16.7 Å². The summed E-state index contributed by atoms with van der Waals surface area (Å²) in [5, 5.41) is 7.00. The molecule has 3 atom stereocenters. The Kier molecular flexibility index (Phi) is 3.20. The maximum atomic E-state index is 5.85. The van der Waals surface area contributed by atoms with E-state index in [2.05, 4.69) is 31.5 Å². The Morgan fingerprint density at radius 2 is 2.28 bits per heavy atom. The number of fused-ring (bicyclic) bond motifs is 2. The first-order valence-corrected chi connectivity index (χ1v) is 7.74. The first-order valence-electron chi connectivity index (χ1n) is 6.86. The largest absolute Gasteiger partial charge is 0.373 e. The molecule has 1 N–H and O–H groups in total. The Balaban J connectivity index is 1.56. The van der Waals surface area contributed by atoms with E-state index in [1.807, 2.05) is 0 Å². The molecule has 3 unspecified atom stereocenters. The lowest BCUT2D eigenvalue weighted by Crippen LogP contribution is -2.37. The molecule has 3 heterocycles. The lowest BCUT2D eigenvalue weighted by Gasteiger charge is -2.19. The third-order valence-corrected chi connectivity index (χ3v) is 4.79. The summed E-state index contributed by atoms with van der Waals surface area (Å²) in [7, 11) is 0. The molecule has 0 spiro atoms. The van der Waals surface area contributed by atoms with Gasteiger partial charge in [0.2, 0.25) is 0 Å². The van der Waals surface area contributed by atoms with Crippen molar-refractivity contribution in [2.45, 2.75) is 70.2 Å². The van der Waals surface area contributed by atoms with Gasteiger partial charge in [-0.2, -0.15) is 0 Å². The molecule has 100 valence electrons. The van der Waals surface area contributed by atoms with Crippen LogP contribution in [0, 0.1) is 0 Å². The van der Waals surface area contributed by atoms with Crippen LogP contribution in [0.15, 0.2) is 5.38 Å². The van der Waals surface area contributed by atoms with Gasteiger partial charge < -0.3 is 10.1 Å². The van der Waals surface area contributed by atoms with Gasteiger partial charge in [0, 0.05) is 23.4 Å². The van der Waals surface area contributed by atoms with Crippen LogP contribution in [0.4, 0.5) is 0 Å². The highest BCUT2D eigenvalue weighted by Crippen LogP contribution is 2.34. The number of nitrogens with one attached hydrogen (secondary N) is 1. The highest BCUT2D eigenvalue weighted by Gasteiger charge is 2.40. The van der Waals surface area contributed by atoms with Gasteiger partial charge in [-0.1, -0.05) is 20.8 Å². The van der Waals surface area contributed by atoms with E-state index in [4.69, 9.17) is 9.72 Å². The zero-order valence-corrected chi connectivity index (χ0v) is 12.2. The van der Waals surface area contributed by atoms with Crippen LogP contribution in [0.3, 0.4) is 0 Å². The molecular weight excluding hydrogens is 244 g/mol. The Hall–Kier alpha value is -0.450. The average molecular weight is 266 g/mol. The first-order chi connectivity index (χ1) is 8.52. The fraction of sp³-hybridized carbons (Fsp3) is 0.786. The molecule has 1 aromatic heterocycles. The summed E-state index contributed by atoms with van der Waals surface area (Å²) in [5.41, 5.74) is 1.36. The van der Waals surface area contributed by atoms with E-state index in [0.717, 1.165) is 6.54 Å². The monoisotopic (exact) mass is 266 g/mol. The molecular formula is C14H22N2OS. The molecule has 0 amide bonds. The van der Waals surface area contributed by atoms with E-state index < -0.39 is 0 Å². The van der Waals surface area contributed by atoms with Crippen LogP contribution in [-0.4, -0.2) is 23.2 Å². The van der Waals surface area contributed by atoms with Gasteiger partial charge in [0.1, 0.15) is 5.01 Å². The van der Waals surface area contributed by atoms with Gasteiger partial charge in [0.15, 0.2) is 0 Å². The number of hydrogen-bond acceptors (Lipinski definition) is 4. The van der Waals surface area contributed by atoms with Crippen molar-refractivity contribution in [3.8, 4) is 0 Å². The molecule has 0 radical (unpaired) electrons. The lowest BCUT2D eigenvalue weighted by atomic mass is 9.93. The second-order valence-corrected chi connectivity index (χ2v) is 7.42. The SMILES string of the molecule is CC(C)(C)c1csc(CNC2CC3CCC2O3)n1. The lowest BCUT2D eigenvalue weighted by molar-refractivity contribution is 0.0973. The van der Waals surface area contributed by atoms with Crippen LogP contribution in [0.5, 0.6) is 0 Å². The molecule has 2 aliphatic rings. The molecule has 18 heavy (non-hydrogen) atoms. The highest BCUT2D eigenvalue weighted by atomic mass is 32.1. The number of hydrogen-bond donors (Lipinski definition) is 1. The van der Waals surface area contributed by atoms with Crippen LogP contribution in [0.1, 0.15) is 50.7 Å². The fourth-order valence-corrected chi connectivity index (χ4v) is 3.78. The number of rotatable bonds is 3. The predicted molar refractivity (Wildman–Crippen MR) is 74.0 cm³/mol. The second kappa shape index (κ2) is 4.58. The Morgan fingerprint density at radius 1 is 1.44 bits per heavy atom. The van der Waals surface area contributed by atoms with Crippen molar-refractivity contribution in [3.05, 3.63) is 16.1 Å². The van der Waals surface area contributed by atoms with E-state index in [-0.39, 0.29) is 5.41 Å². The van der Waals surface area contributed by atoms with Gasteiger partial charge in [-0.15, -0.1) is 11.3 Å². The van der Waals surface area contributed by atoms with E-state index in [0.29, 0.717) is 18.2 Å². The molecule has 2 saturated heterocycles. The second-order valence-electron chi connectivity index (χ2n) is 6.47. The third kappa shape index (κ3) is 2.46. The molecule has 3 rings (SSSR count). The Labute approximate surface area is 113 Å². The van der Waals surface area contributed by atoms with Crippen LogP contribution in [0.2, 0.25) is 0 Å². The van der Waals surface area contributed by atoms with Crippen molar-refractivity contribution >= 4 is 11.3 Å². The van der Waals surface area contributed by atoms with Crippen molar-refractivity contribution in [1.29, 1.82) is 0 Å². The zero-order valence-electron chi connectivity index (χ0n) is 11.4. The molecule has 1 aromatic rings. The maximum absolute atomic E-state index is 5.85. The van der Waals surface area contributed by atoms with Gasteiger partial charge in [0.25, 0.3) is 0 Å². The minimum atomic E-state index is 0.157. The maximum Gasteiger partial charge on any atom is 0.107 e. The molecule has 2 aliphatic heterocycles. The first kappa shape index (κ1) is 12.6. The van der Waals surface area contributed by atoms with Crippen molar-refractivity contribution in [3.63, 3.8) is 0 Å². The highest BCUT2D eigenvalue weighted by molar-refractivity contribution is 7.09. The number of nitrogens with zero attached hydrogens (tertiary/aromatic N) is 1. The van der Waals surface area contributed by atoms with Crippen molar-refractivity contribution < 1.29 is 4.74 Å². The summed E-state index contributed by atoms with van der Waals surface area (Å²) in [4.78, 5) is 4.72. The van der Waals surface area contributed by atoms with Crippen molar-refractivity contribution in [2.75, 3.05) is 0 Å². The molecule has 0 aliphatic carbocycles. The van der Waals surface area contributed by atoms with Gasteiger partial charge in [-0.3, -0.25) is 0 Å².